The Hall–Kier alpha value is -4.06. The van der Waals surface area contributed by atoms with E-state index in [0.29, 0.717) is 33.5 Å². The summed E-state index contributed by atoms with van der Waals surface area (Å²) in [4.78, 5) is 25.9. The van der Waals surface area contributed by atoms with Crippen LogP contribution in [0.5, 0.6) is 11.5 Å². The van der Waals surface area contributed by atoms with Crippen LogP contribution in [0.25, 0.3) is 16.5 Å². The maximum atomic E-state index is 13.0. The van der Waals surface area contributed by atoms with E-state index in [1.807, 2.05) is 36.4 Å². The Kier molecular flexibility index (Phi) is 4.44. The number of carbonyl (C=O) groups excluding carboxylic acids is 1. The number of carbonyl (C=O) groups is 1. The van der Waals surface area contributed by atoms with E-state index in [1.165, 1.54) is 4.57 Å². The fraction of sp³-hybridized carbons (Fsp3) is 0.0833. The van der Waals surface area contributed by atoms with Crippen molar-refractivity contribution < 1.29 is 19.0 Å². The third-order valence-corrected chi connectivity index (χ3v) is 4.99. The van der Waals surface area contributed by atoms with Gasteiger partial charge in [-0.2, -0.15) is 0 Å². The van der Waals surface area contributed by atoms with Crippen LogP contribution in [-0.2, 0) is 11.3 Å². The van der Waals surface area contributed by atoms with Gasteiger partial charge in [-0.3, -0.25) is 9.36 Å². The van der Waals surface area contributed by atoms with Gasteiger partial charge < -0.3 is 14.2 Å². The van der Waals surface area contributed by atoms with E-state index in [9.17, 15) is 9.59 Å². The van der Waals surface area contributed by atoms with E-state index in [4.69, 9.17) is 14.2 Å². The number of pyridine rings is 1. The number of hydrogen-bond acceptors (Lipinski definition) is 5. The predicted octanol–water partition coefficient (Wildman–Crippen LogP) is 4.08. The van der Waals surface area contributed by atoms with Crippen molar-refractivity contribution in [2.75, 3.05) is 6.79 Å². The zero-order chi connectivity index (χ0) is 20.5. The Morgan fingerprint density at radius 2 is 1.63 bits per heavy atom. The van der Waals surface area contributed by atoms with Crippen LogP contribution in [0.1, 0.15) is 15.9 Å². The maximum absolute atomic E-state index is 13.0. The smallest absolute Gasteiger partial charge is 0.340 e. The number of benzene rings is 3. The molecule has 0 aliphatic carbocycles. The minimum absolute atomic E-state index is 0.0776. The van der Waals surface area contributed by atoms with Gasteiger partial charge in [-0.1, -0.05) is 42.5 Å². The molecule has 0 unspecified atom stereocenters. The van der Waals surface area contributed by atoms with Crippen molar-refractivity contribution in [3.63, 3.8) is 0 Å². The highest BCUT2D eigenvalue weighted by molar-refractivity contribution is 6.04. The van der Waals surface area contributed by atoms with E-state index >= 15 is 0 Å². The van der Waals surface area contributed by atoms with Gasteiger partial charge in [0.25, 0.3) is 5.56 Å². The molecule has 6 heteroatoms. The summed E-state index contributed by atoms with van der Waals surface area (Å²) >= 11 is 0. The monoisotopic (exact) mass is 399 g/mol. The second kappa shape index (κ2) is 7.40. The highest BCUT2D eigenvalue weighted by Crippen LogP contribution is 2.32. The molecule has 5 rings (SSSR count). The van der Waals surface area contributed by atoms with E-state index < -0.39 is 5.97 Å². The number of nitrogens with zero attached hydrogens (tertiary/aromatic N) is 1. The lowest BCUT2D eigenvalue weighted by molar-refractivity contribution is 0.0474. The summed E-state index contributed by atoms with van der Waals surface area (Å²) in [6.45, 7) is 0.264. The minimum atomic E-state index is -0.506. The van der Waals surface area contributed by atoms with Gasteiger partial charge in [0, 0.05) is 22.7 Å². The molecule has 148 valence electrons. The first-order valence-corrected chi connectivity index (χ1v) is 9.46. The lowest BCUT2D eigenvalue weighted by atomic mass is 10.1. The highest BCUT2D eigenvalue weighted by atomic mass is 16.7. The average Bonchev–Trinajstić information content (AvgIpc) is 3.26. The van der Waals surface area contributed by atoms with Gasteiger partial charge >= 0.3 is 5.97 Å². The summed E-state index contributed by atoms with van der Waals surface area (Å²) in [5.74, 6) is 0.797. The Balaban J connectivity index is 1.50. The topological polar surface area (TPSA) is 66.8 Å². The van der Waals surface area contributed by atoms with Gasteiger partial charge in [-0.25, -0.2) is 4.79 Å². The Morgan fingerprint density at radius 3 is 2.47 bits per heavy atom. The molecule has 0 saturated carbocycles. The van der Waals surface area contributed by atoms with Gasteiger partial charge in [-0.15, -0.1) is 0 Å². The van der Waals surface area contributed by atoms with Crippen LogP contribution in [0, 0.1) is 0 Å². The summed E-state index contributed by atoms with van der Waals surface area (Å²) in [6, 6.07) is 21.6. The zero-order valence-electron chi connectivity index (χ0n) is 15.9. The molecular weight excluding hydrogens is 382 g/mol. The van der Waals surface area contributed by atoms with E-state index in [1.54, 1.807) is 42.6 Å². The van der Waals surface area contributed by atoms with E-state index in [2.05, 4.69) is 0 Å². The Bertz CT molecular complexity index is 1310. The second-order valence-electron chi connectivity index (χ2n) is 6.86. The van der Waals surface area contributed by atoms with Crippen LogP contribution in [0.2, 0.25) is 0 Å². The maximum Gasteiger partial charge on any atom is 0.340 e. The zero-order valence-corrected chi connectivity index (χ0v) is 15.9. The molecule has 4 aromatic rings. The van der Waals surface area contributed by atoms with Crippen LogP contribution < -0.4 is 15.0 Å². The van der Waals surface area contributed by atoms with Crippen LogP contribution in [0.4, 0.5) is 0 Å². The SMILES string of the molecule is O=C(OCc1ccc2c(c1)OCO2)c1cn(-c2ccccc2)c(=O)c2ccccc12. The first kappa shape index (κ1) is 18.0. The third kappa shape index (κ3) is 3.18. The molecule has 6 nitrogen and oxygen atoms in total. The molecule has 0 N–H and O–H groups in total. The molecule has 0 spiro atoms. The summed E-state index contributed by atoms with van der Waals surface area (Å²) in [6.07, 6.45) is 1.54. The number of para-hydroxylation sites is 1. The number of rotatable bonds is 4. The number of fused-ring (bicyclic) bond motifs is 2. The average molecular weight is 399 g/mol. The molecule has 2 heterocycles. The molecule has 0 saturated heterocycles. The highest BCUT2D eigenvalue weighted by Gasteiger charge is 2.18. The quantitative estimate of drug-likeness (QED) is 0.484. The summed E-state index contributed by atoms with van der Waals surface area (Å²) in [5, 5.41) is 1.02. The van der Waals surface area contributed by atoms with Crippen molar-refractivity contribution in [2.45, 2.75) is 6.61 Å². The van der Waals surface area contributed by atoms with Crippen LogP contribution in [0.15, 0.2) is 83.8 Å². The van der Waals surface area contributed by atoms with Gasteiger partial charge in [0.05, 0.1) is 5.56 Å². The molecule has 1 aliphatic rings. The fourth-order valence-corrected chi connectivity index (χ4v) is 3.49. The van der Waals surface area contributed by atoms with Crippen molar-refractivity contribution in [1.82, 2.24) is 4.57 Å². The van der Waals surface area contributed by atoms with Gasteiger partial charge in [0.15, 0.2) is 11.5 Å². The van der Waals surface area contributed by atoms with E-state index in [0.717, 1.165) is 5.56 Å². The molecule has 3 aromatic carbocycles. The van der Waals surface area contributed by atoms with Crippen LogP contribution in [0.3, 0.4) is 0 Å². The lowest BCUT2D eigenvalue weighted by Gasteiger charge is -2.12. The van der Waals surface area contributed by atoms with Crippen molar-refractivity contribution >= 4 is 16.7 Å². The molecule has 1 aliphatic heterocycles. The van der Waals surface area contributed by atoms with Gasteiger partial charge in [-0.05, 0) is 35.9 Å². The fourth-order valence-electron chi connectivity index (χ4n) is 3.49. The number of ether oxygens (including phenoxy) is 3. The largest absolute Gasteiger partial charge is 0.457 e. The molecule has 30 heavy (non-hydrogen) atoms. The molecule has 0 atom stereocenters. The van der Waals surface area contributed by atoms with E-state index in [-0.39, 0.29) is 19.0 Å². The molecular formula is C24H17NO5. The van der Waals surface area contributed by atoms with Crippen molar-refractivity contribution in [1.29, 1.82) is 0 Å². The van der Waals surface area contributed by atoms with Crippen molar-refractivity contribution in [3.05, 3.63) is 100 Å². The lowest BCUT2D eigenvalue weighted by Crippen LogP contribution is -2.21. The third-order valence-electron chi connectivity index (χ3n) is 4.99. The molecule has 0 amide bonds. The first-order chi connectivity index (χ1) is 14.7. The first-order valence-electron chi connectivity index (χ1n) is 9.46. The Labute approximate surface area is 171 Å². The Morgan fingerprint density at radius 1 is 0.900 bits per heavy atom. The normalized spacial score (nSPS) is 12.1. The van der Waals surface area contributed by atoms with Crippen molar-refractivity contribution in [3.8, 4) is 17.2 Å². The molecule has 0 fully saturated rings. The number of hydrogen-bond donors (Lipinski definition) is 0. The number of esters is 1. The van der Waals surface area contributed by atoms with Crippen LogP contribution in [-0.4, -0.2) is 17.3 Å². The predicted molar refractivity (Wildman–Crippen MR) is 111 cm³/mol. The molecule has 1 aromatic heterocycles. The van der Waals surface area contributed by atoms with Crippen molar-refractivity contribution in [2.24, 2.45) is 0 Å². The number of aromatic nitrogens is 1. The van der Waals surface area contributed by atoms with Gasteiger partial charge in [0.1, 0.15) is 6.61 Å². The van der Waals surface area contributed by atoms with Crippen LogP contribution >= 0.6 is 0 Å². The second-order valence-corrected chi connectivity index (χ2v) is 6.86. The summed E-state index contributed by atoms with van der Waals surface area (Å²) < 4.78 is 17.7. The van der Waals surface area contributed by atoms with Gasteiger partial charge in [0.2, 0.25) is 6.79 Å². The minimum Gasteiger partial charge on any atom is -0.457 e. The standard InChI is InChI=1S/C24H17NO5/c26-23-19-9-5-4-8-18(19)20(13-25(23)17-6-2-1-3-7-17)24(27)28-14-16-10-11-21-22(12-16)30-15-29-21/h1-13H,14-15H2. The summed E-state index contributed by atoms with van der Waals surface area (Å²) in [5.41, 5.74) is 1.60. The molecule has 0 radical (unpaired) electrons. The summed E-state index contributed by atoms with van der Waals surface area (Å²) in [7, 11) is 0. The molecule has 0 bridgehead atoms.